The Kier molecular flexibility index (Phi) is 5.76. The molecule has 6 heteroatoms. The second kappa shape index (κ2) is 7.81. The summed E-state index contributed by atoms with van der Waals surface area (Å²) < 4.78 is 10.8. The summed E-state index contributed by atoms with van der Waals surface area (Å²) in [5.74, 6) is 0.595. The van der Waals surface area contributed by atoms with Gasteiger partial charge in [-0.05, 0) is 18.6 Å². The van der Waals surface area contributed by atoms with E-state index < -0.39 is 0 Å². The van der Waals surface area contributed by atoms with E-state index in [2.05, 4.69) is 22.5 Å². The molecule has 0 aromatic carbocycles. The summed E-state index contributed by atoms with van der Waals surface area (Å²) in [5, 5.41) is 6.01. The maximum atomic E-state index is 12.1. The van der Waals surface area contributed by atoms with Crippen LogP contribution in [0.15, 0.2) is 18.3 Å². The van der Waals surface area contributed by atoms with E-state index in [1.807, 2.05) is 0 Å². The van der Waals surface area contributed by atoms with Crippen molar-refractivity contribution in [1.29, 1.82) is 0 Å². The number of hydrogen-bond acceptors (Lipinski definition) is 5. The van der Waals surface area contributed by atoms with Crippen molar-refractivity contribution in [3.8, 4) is 0 Å². The number of ether oxygens (including phenoxy) is 2. The van der Waals surface area contributed by atoms with Crippen molar-refractivity contribution in [2.45, 2.75) is 19.4 Å². The average Bonchev–Trinajstić information content (AvgIpc) is 2.52. The summed E-state index contributed by atoms with van der Waals surface area (Å²) in [5.41, 5.74) is 0.593. The highest BCUT2D eigenvalue weighted by atomic mass is 16.6. The first-order valence-electron chi connectivity index (χ1n) is 6.97. The fourth-order valence-corrected chi connectivity index (χ4v) is 1.88. The third-order valence-corrected chi connectivity index (χ3v) is 2.95. The van der Waals surface area contributed by atoms with E-state index in [4.69, 9.17) is 9.47 Å². The van der Waals surface area contributed by atoms with Crippen molar-refractivity contribution in [1.82, 2.24) is 10.3 Å². The second-order valence-corrected chi connectivity index (χ2v) is 4.63. The van der Waals surface area contributed by atoms with Crippen molar-refractivity contribution in [2.24, 2.45) is 0 Å². The molecule has 1 atom stereocenters. The van der Waals surface area contributed by atoms with Crippen LogP contribution < -0.4 is 10.6 Å². The van der Waals surface area contributed by atoms with Crippen LogP contribution in [-0.2, 0) is 9.47 Å². The Morgan fingerprint density at radius 1 is 1.50 bits per heavy atom. The Hall–Kier alpha value is -1.66. The van der Waals surface area contributed by atoms with E-state index in [1.165, 1.54) is 0 Å². The summed E-state index contributed by atoms with van der Waals surface area (Å²) >= 11 is 0. The lowest BCUT2D eigenvalue weighted by molar-refractivity contribution is -0.0855. The Morgan fingerprint density at radius 2 is 2.40 bits per heavy atom. The van der Waals surface area contributed by atoms with Gasteiger partial charge in [-0.3, -0.25) is 4.79 Å². The standard InChI is InChI=1S/C14H21N3O3/c1-2-4-15-13-8-11(3-5-16-13)14(18)17-9-12-10-19-6-7-20-12/h3,5,8,12H,2,4,6-7,9-10H2,1H3,(H,15,16)(H,17,18). The lowest BCUT2D eigenvalue weighted by Crippen LogP contribution is -2.39. The zero-order chi connectivity index (χ0) is 14.2. The third kappa shape index (κ3) is 4.47. The van der Waals surface area contributed by atoms with Gasteiger partial charge in [0.2, 0.25) is 0 Å². The minimum atomic E-state index is -0.124. The molecule has 2 N–H and O–H groups in total. The lowest BCUT2D eigenvalue weighted by atomic mass is 10.2. The van der Waals surface area contributed by atoms with Crippen LogP contribution in [0.4, 0.5) is 5.82 Å². The normalized spacial score (nSPS) is 18.6. The largest absolute Gasteiger partial charge is 0.376 e. The number of nitrogens with one attached hydrogen (secondary N) is 2. The van der Waals surface area contributed by atoms with Crippen LogP contribution in [0, 0.1) is 0 Å². The summed E-state index contributed by atoms with van der Waals surface area (Å²) in [6, 6.07) is 3.45. The van der Waals surface area contributed by atoms with Crippen molar-refractivity contribution >= 4 is 11.7 Å². The van der Waals surface area contributed by atoms with Crippen LogP contribution in [0.1, 0.15) is 23.7 Å². The predicted molar refractivity (Wildman–Crippen MR) is 75.9 cm³/mol. The summed E-state index contributed by atoms with van der Waals surface area (Å²) in [7, 11) is 0. The first-order chi connectivity index (χ1) is 9.79. The average molecular weight is 279 g/mol. The van der Waals surface area contributed by atoms with Crippen LogP contribution in [0.2, 0.25) is 0 Å². The Labute approximate surface area is 118 Å². The van der Waals surface area contributed by atoms with Crippen molar-refractivity contribution in [2.75, 3.05) is 38.2 Å². The first kappa shape index (κ1) is 14.7. The molecule has 2 rings (SSSR count). The van der Waals surface area contributed by atoms with Gasteiger partial charge in [-0.1, -0.05) is 6.92 Å². The quantitative estimate of drug-likeness (QED) is 0.814. The molecule has 2 heterocycles. The number of pyridine rings is 1. The molecule has 1 unspecified atom stereocenters. The number of rotatable bonds is 6. The smallest absolute Gasteiger partial charge is 0.251 e. The van der Waals surface area contributed by atoms with Gasteiger partial charge in [0.1, 0.15) is 5.82 Å². The summed E-state index contributed by atoms with van der Waals surface area (Å²) in [6.45, 7) is 5.11. The zero-order valence-electron chi connectivity index (χ0n) is 11.7. The number of carbonyl (C=O) groups is 1. The van der Waals surface area contributed by atoms with E-state index in [0.29, 0.717) is 31.9 Å². The number of aromatic nitrogens is 1. The fraction of sp³-hybridized carbons (Fsp3) is 0.571. The van der Waals surface area contributed by atoms with Gasteiger partial charge in [0.25, 0.3) is 5.91 Å². The number of amides is 1. The second-order valence-electron chi connectivity index (χ2n) is 4.63. The molecule has 0 spiro atoms. The van der Waals surface area contributed by atoms with Crippen molar-refractivity contribution in [3.63, 3.8) is 0 Å². The monoisotopic (exact) mass is 279 g/mol. The highest BCUT2D eigenvalue weighted by Gasteiger charge is 2.15. The van der Waals surface area contributed by atoms with Crippen LogP contribution in [0.5, 0.6) is 0 Å². The molecule has 1 saturated heterocycles. The van der Waals surface area contributed by atoms with Gasteiger partial charge in [-0.15, -0.1) is 0 Å². The molecule has 0 radical (unpaired) electrons. The molecule has 1 aliphatic rings. The highest BCUT2D eigenvalue weighted by molar-refractivity contribution is 5.94. The predicted octanol–water partition coefficient (Wildman–Crippen LogP) is 1.05. The van der Waals surface area contributed by atoms with Gasteiger partial charge in [0, 0.05) is 24.8 Å². The van der Waals surface area contributed by atoms with E-state index >= 15 is 0 Å². The molecule has 0 aliphatic carbocycles. The molecule has 110 valence electrons. The third-order valence-electron chi connectivity index (χ3n) is 2.95. The van der Waals surface area contributed by atoms with E-state index in [9.17, 15) is 4.79 Å². The molecular formula is C14H21N3O3. The van der Waals surface area contributed by atoms with Gasteiger partial charge >= 0.3 is 0 Å². The maximum absolute atomic E-state index is 12.1. The van der Waals surface area contributed by atoms with Gasteiger partial charge in [-0.2, -0.15) is 0 Å². The summed E-state index contributed by atoms with van der Waals surface area (Å²) in [6.07, 6.45) is 2.58. The lowest BCUT2D eigenvalue weighted by Gasteiger charge is -2.23. The minimum Gasteiger partial charge on any atom is -0.376 e. The Morgan fingerprint density at radius 3 is 3.15 bits per heavy atom. The van der Waals surface area contributed by atoms with Crippen LogP contribution in [-0.4, -0.2) is 49.9 Å². The number of anilines is 1. The molecule has 0 bridgehead atoms. The van der Waals surface area contributed by atoms with Crippen LogP contribution >= 0.6 is 0 Å². The fourth-order valence-electron chi connectivity index (χ4n) is 1.88. The number of hydrogen-bond donors (Lipinski definition) is 2. The number of carbonyl (C=O) groups excluding carboxylic acids is 1. The van der Waals surface area contributed by atoms with Crippen molar-refractivity contribution < 1.29 is 14.3 Å². The molecule has 0 saturated carbocycles. The van der Waals surface area contributed by atoms with Gasteiger partial charge in [0.15, 0.2) is 0 Å². The maximum Gasteiger partial charge on any atom is 0.251 e. The van der Waals surface area contributed by atoms with Gasteiger partial charge in [-0.25, -0.2) is 4.98 Å². The molecule has 6 nitrogen and oxygen atoms in total. The topological polar surface area (TPSA) is 72.5 Å². The molecule has 20 heavy (non-hydrogen) atoms. The minimum absolute atomic E-state index is 0.0628. The van der Waals surface area contributed by atoms with Gasteiger partial charge < -0.3 is 20.1 Å². The Bertz CT molecular complexity index is 433. The molecule has 1 aliphatic heterocycles. The zero-order valence-corrected chi connectivity index (χ0v) is 11.7. The molecule has 1 aromatic rings. The molecule has 1 fully saturated rings. The van der Waals surface area contributed by atoms with Gasteiger partial charge in [0.05, 0.1) is 25.9 Å². The summed E-state index contributed by atoms with van der Waals surface area (Å²) in [4.78, 5) is 16.2. The number of nitrogens with zero attached hydrogens (tertiary/aromatic N) is 1. The van der Waals surface area contributed by atoms with Crippen LogP contribution in [0.3, 0.4) is 0 Å². The molecular weight excluding hydrogens is 258 g/mol. The van der Waals surface area contributed by atoms with Crippen molar-refractivity contribution in [3.05, 3.63) is 23.9 Å². The van der Waals surface area contributed by atoms with Crippen LogP contribution in [0.25, 0.3) is 0 Å². The highest BCUT2D eigenvalue weighted by Crippen LogP contribution is 2.07. The molecule has 1 amide bonds. The molecule has 1 aromatic heterocycles. The van der Waals surface area contributed by atoms with E-state index in [0.717, 1.165) is 18.8 Å². The Balaban J connectivity index is 1.84. The first-order valence-corrected chi connectivity index (χ1v) is 6.97. The van der Waals surface area contributed by atoms with E-state index in [1.54, 1.807) is 18.3 Å². The van der Waals surface area contributed by atoms with E-state index in [-0.39, 0.29) is 12.0 Å². The SMILES string of the molecule is CCCNc1cc(C(=O)NCC2COCCO2)ccn1.